The highest BCUT2D eigenvalue weighted by Gasteiger charge is 2.13. The van der Waals surface area contributed by atoms with Crippen LogP contribution in [0.3, 0.4) is 0 Å². The molecule has 0 spiro atoms. The van der Waals surface area contributed by atoms with Crippen LogP contribution in [-0.2, 0) is 16.4 Å². The molecule has 24 heavy (non-hydrogen) atoms. The highest BCUT2D eigenvalue weighted by atomic mass is 32.2. The van der Waals surface area contributed by atoms with Crippen molar-refractivity contribution in [1.29, 1.82) is 0 Å². The Bertz CT molecular complexity index is 971. The topological polar surface area (TPSA) is 88.0 Å². The van der Waals surface area contributed by atoms with Crippen molar-refractivity contribution in [2.24, 2.45) is 0 Å². The maximum Gasteiger partial charge on any atom is 0.175 e. The van der Waals surface area contributed by atoms with Crippen molar-refractivity contribution in [2.75, 3.05) is 11.6 Å². The number of aromatic amines is 1. The number of aryl methyl sites for hydroxylation is 2. The zero-order valence-corrected chi connectivity index (χ0v) is 14.6. The van der Waals surface area contributed by atoms with Crippen molar-refractivity contribution in [2.45, 2.75) is 25.3 Å². The summed E-state index contributed by atoms with van der Waals surface area (Å²) in [5, 5.41) is 10.2. The van der Waals surface area contributed by atoms with Gasteiger partial charge in [0.2, 0.25) is 0 Å². The van der Waals surface area contributed by atoms with Crippen LogP contribution in [0.25, 0.3) is 11.5 Å². The van der Waals surface area contributed by atoms with Crippen molar-refractivity contribution >= 4 is 15.5 Å². The van der Waals surface area contributed by atoms with Crippen molar-refractivity contribution in [3.05, 3.63) is 53.4 Å². The van der Waals surface area contributed by atoms with Crippen molar-refractivity contribution in [1.82, 2.24) is 10.2 Å². The second-order valence-corrected chi connectivity index (χ2v) is 7.77. The van der Waals surface area contributed by atoms with Gasteiger partial charge < -0.3 is 9.73 Å². The number of H-pyrrole nitrogens is 1. The lowest BCUT2D eigenvalue weighted by molar-refractivity contribution is 0.545. The Labute approximate surface area is 140 Å². The molecule has 6 nitrogen and oxygen atoms in total. The van der Waals surface area contributed by atoms with E-state index in [1.54, 1.807) is 25.3 Å². The van der Waals surface area contributed by atoms with E-state index in [2.05, 4.69) is 15.5 Å². The smallest absolute Gasteiger partial charge is 0.175 e. The summed E-state index contributed by atoms with van der Waals surface area (Å²) in [4.78, 5) is 0.335. The molecule has 0 atom stereocenters. The molecule has 0 saturated heterocycles. The lowest BCUT2D eigenvalue weighted by atomic mass is 10.2. The molecule has 0 unspecified atom stereocenters. The number of sulfone groups is 1. The third-order valence-corrected chi connectivity index (χ3v) is 5.01. The summed E-state index contributed by atoms with van der Waals surface area (Å²) >= 11 is 0. The van der Waals surface area contributed by atoms with Gasteiger partial charge >= 0.3 is 0 Å². The number of aromatic nitrogens is 2. The van der Waals surface area contributed by atoms with E-state index in [1.807, 2.05) is 25.1 Å². The van der Waals surface area contributed by atoms with E-state index in [1.165, 1.54) is 6.26 Å². The fraction of sp³-hybridized carbons (Fsp3) is 0.235. The normalized spacial score (nSPS) is 11.6. The van der Waals surface area contributed by atoms with E-state index in [9.17, 15) is 8.42 Å². The molecule has 3 aromatic rings. The first kappa shape index (κ1) is 16.3. The number of furan rings is 1. The minimum atomic E-state index is -3.25. The first-order valence-electron chi connectivity index (χ1n) is 7.48. The summed E-state index contributed by atoms with van der Waals surface area (Å²) in [5.41, 5.74) is 3.22. The Morgan fingerprint density at radius 1 is 1.21 bits per heavy atom. The maximum absolute atomic E-state index is 11.8. The zero-order chi connectivity index (χ0) is 17.3. The summed E-state index contributed by atoms with van der Waals surface area (Å²) in [6, 6.07) is 9.10. The molecular weight excluding hydrogens is 326 g/mol. The van der Waals surface area contributed by atoms with Crippen LogP contribution in [0.1, 0.15) is 16.9 Å². The van der Waals surface area contributed by atoms with Gasteiger partial charge in [0.05, 0.1) is 11.1 Å². The van der Waals surface area contributed by atoms with Gasteiger partial charge in [-0.05, 0) is 43.7 Å². The molecule has 7 heteroatoms. The molecule has 126 valence electrons. The first-order valence-corrected chi connectivity index (χ1v) is 9.37. The highest BCUT2D eigenvalue weighted by Crippen LogP contribution is 2.25. The van der Waals surface area contributed by atoms with Crippen molar-refractivity contribution in [3.8, 4) is 11.5 Å². The molecule has 3 rings (SSSR count). The van der Waals surface area contributed by atoms with Gasteiger partial charge in [0.25, 0.3) is 0 Å². The SMILES string of the molecule is Cc1ccc(-c2[nH]ncc2CNc2ccc(C)c(S(C)(=O)=O)c2)o1. The Morgan fingerprint density at radius 3 is 2.67 bits per heavy atom. The van der Waals surface area contributed by atoms with E-state index in [0.717, 1.165) is 34.0 Å². The summed E-state index contributed by atoms with van der Waals surface area (Å²) in [7, 11) is -3.25. The first-order chi connectivity index (χ1) is 11.3. The van der Waals surface area contributed by atoms with E-state index < -0.39 is 9.84 Å². The van der Waals surface area contributed by atoms with E-state index in [0.29, 0.717) is 11.4 Å². The predicted octanol–water partition coefficient (Wildman–Crippen LogP) is 3.30. The van der Waals surface area contributed by atoms with E-state index >= 15 is 0 Å². The molecule has 0 saturated carbocycles. The molecule has 1 aromatic carbocycles. The summed E-state index contributed by atoms with van der Waals surface area (Å²) in [5.74, 6) is 1.55. The van der Waals surface area contributed by atoms with Gasteiger partial charge in [0.15, 0.2) is 15.6 Å². The highest BCUT2D eigenvalue weighted by molar-refractivity contribution is 7.90. The number of rotatable bonds is 5. The van der Waals surface area contributed by atoms with Gasteiger partial charge in [-0.25, -0.2) is 8.42 Å². The summed E-state index contributed by atoms with van der Waals surface area (Å²) in [6.45, 7) is 4.17. The van der Waals surface area contributed by atoms with Gasteiger partial charge in [-0.15, -0.1) is 0 Å². The maximum atomic E-state index is 11.8. The molecule has 0 aliphatic heterocycles. The lowest BCUT2D eigenvalue weighted by Gasteiger charge is -2.10. The molecule has 0 aliphatic carbocycles. The van der Waals surface area contributed by atoms with Crippen LogP contribution in [-0.4, -0.2) is 24.9 Å². The molecule has 0 amide bonds. The number of hydrogen-bond acceptors (Lipinski definition) is 5. The Morgan fingerprint density at radius 2 is 2.00 bits per heavy atom. The van der Waals surface area contributed by atoms with Gasteiger partial charge in [-0.1, -0.05) is 6.07 Å². The molecule has 2 aromatic heterocycles. The summed E-state index contributed by atoms with van der Waals surface area (Å²) in [6.07, 6.45) is 2.94. The molecular formula is C17H19N3O3S. The van der Waals surface area contributed by atoms with E-state index in [4.69, 9.17) is 4.42 Å². The van der Waals surface area contributed by atoms with Crippen LogP contribution in [0.2, 0.25) is 0 Å². The number of anilines is 1. The minimum absolute atomic E-state index is 0.335. The van der Waals surface area contributed by atoms with Crippen molar-refractivity contribution < 1.29 is 12.8 Å². The molecule has 0 bridgehead atoms. The molecule has 0 fully saturated rings. The quantitative estimate of drug-likeness (QED) is 0.741. The monoisotopic (exact) mass is 345 g/mol. The Balaban J connectivity index is 1.82. The van der Waals surface area contributed by atoms with Gasteiger partial charge in [0, 0.05) is 24.1 Å². The average molecular weight is 345 g/mol. The fourth-order valence-corrected chi connectivity index (χ4v) is 3.53. The second kappa shape index (κ2) is 6.16. The fourth-order valence-electron chi connectivity index (χ4n) is 2.53. The third kappa shape index (κ3) is 3.35. The Hall–Kier alpha value is -2.54. The zero-order valence-electron chi connectivity index (χ0n) is 13.8. The Kier molecular flexibility index (Phi) is 4.19. The average Bonchev–Trinajstić information content (AvgIpc) is 3.13. The number of nitrogens with zero attached hydrogens (tertiary/aromatic N) is 1. The standard InChI is InChI=1S/C17H19N3O3S/c1-11-4-6-14(8-16(11)24(3,21)22)18-9-13-10-19-20-17(13)15-7-5-12(2)23-15/h4-8,10,18H,9H2,1-3H3,(H,19,20). The molecule has 0 radical (unpaired) electrons. The van der Waals surface area contributed by atoms with Crippen LogP contribution in [0.15, 0.2) is 45.8 Å². The van der Waals surface area contributed by atoms with Crippen LogP contribution >= 0.6 is 0 Å². The number of hydrogen-bond donors (Lipinski definition) is 2. The lowest BCUT2D eigenvalue weighted by Crippen LogP contribution is -2.04. The number of nitrogens with one attached hydrogen (secondary N) is 2. The van der Waals surface area contributed by atoms with Crippen molar-refractivity contribution in [3.63, 3.8) is 0 Å². The minimum Gasteiger partial charge on any atom is -0.460 e. The molecule has 2 N–H and O–H groups in total. The van der Waals surface area contributed by atoms with Crippen LogP contribution < -0.4 is 5.32 Å². The van der Waals surface area contributed by atoms with Crippen LogP contribution in [0.4, 0.5) is 5.69 Å². The largest absolute Gasteiger partial charge is 0.460 e. The second-order valence-electron chi connectivity index (χ2n) is 5.79. The van der Waals surface area contributed by atoms with Gasteiger partial charge in [0.1, 0.15) is 11.5 Å². The van der Waals surface area contributed by atoms with Gasteiger partial charge in [-0.3, -0.25) is 5.10 Å². The van der Waals surface area contributed by atoms with Crippen LogP contribution in [0, 0.1) is 13.8 Å². The number of benzene rings is 1. The summed E-state index contributed by atoms with van der Waals surface area (Å²) < 4.78 is 29.3. The predicted molar refractivity (Wildman–Crippen MR) is 92.6 cm³/mol. The van der Waals surface area contributed by atoms with E-state index in [-0.39, 0.29) is 0 Å². The molecule has 0 aliphatic rings. The third-order valence-electron chi connectivity index (χ3n) is 3.78. The van der Waals surface area contributed by atoms with Gasteiger partial charge in [-0.2, -0.15) is 5.10 Å². The van der Waals surface area contributed by atoms with Crippen LogP contribution in [0.5, 0.6) is 0 Å². The molecule has 2 heterocycles.